The summed E-state index contributed by atoms with van der Waals surface area (Å²) in [5.74, 6) is 2.34. The van der Waals surface area contributed by atoms with Gasteiger partial charge >= 0.3 is 0 Å². The number of ether oxygens (including phenoxy) is 4. The van der Waals surface area contributed by atoms with Crippen molar-refractivity contribution in [2.24, 2.45) is 7.05 Å². The molecule has 1 heterocycles. The van der Waals surface area contributed by atoms with E-state index in [1.54, 1.807) is 51.4 Å². The summed E-state index contributed by atoms with van der Waals surface area (Å²) >= 11 is 0. The number of aryl methyl sites for hydroxylation is 3. The number of amides is 1. The van der Waals surface area contributed by atoms with Crippen molar-refractivity contribution >= 4 is 11.7 Å². The van der Waals surface area contributed by atoms with E-state index in [9.17, 15) is 4.79 Å². The van der Waals surface area contributed by atoms with Gasteiger partial charge in [-0.1, -0.05) is 0 Å². The van der Waals surface area contributed by atoms with Crippen molar-refractivity contribution in [2.45, 2.75) is 25.9 Å². The minimum absolute atomic E-state index is 0.153. The maximum absolute atomic E-state index is 12.9. The fourth-order valence-corrected chi connectivity index (χ4v) is 3.47. The molecule has 0 aliphatic heterocycles. The third-order valence-electron chi connectivity index (χ3n) is 5.04. The van der Waals surface area contributed by atoms with Crippen LogP contribution in [0.15, 0.2) is 48.7 Å². The van der Waals surface area contributed by atoms with Crippen LogP contribution in [0.4, 0.5) is 5.82 Å². The van der Waals surface area contributed by atoms with E-state index in [-0.39, 0.29) is 12.0 Å². The minimum Gasteiger partial charge on any atom is -0.497 e. The summed E-state index contributed by atoms with van der Waals surface area (Å²) in [5, 5.41) is 7.05. The lowest BCUT2D eigenvalue weighted by Gasteiger charge is -2.16. The Morgan fingerprint density at radius 2 is 1.61 bits per heavy atom. The summed E-state index contributed by atoms with van der Waals surface area (Å²) in [6, 6.07) is 13.1. The topological polar surface area (TPSA) is 83.8 Å². The number of carbonyl (C=O) groups excluding carboxylic acids is 1. The molecule has 0 radical (unpaired) electrons. The van der Waals surface area contributed by atoms with Crippen LogP contribution in [0, 0.1) is 0 Å². The van der Waals surface area contributed by atoms with Crippen LogP contribution in [-0.4, -0.2) is 49.7 Å². The highest BCUT2D eigenvalue weighted by Crippen LogP contribution is 2.25. The molecule has 8 heteroatoms. The molecule has 3 aromatic rings. The molecule has 0 unspecified atom stereocenters. The summed E-state index contributed by atoms with van der Waals surface area (Å²) in [6.45, 7) is 2.37. The minimum atomic E-state index is -0.247. The first-order valence-electron chi connectivity index (χ1n) is 10.7. The molecule has 0 saturated carbocycles. The predicted octanol–water partition coefficient (Wildman–Crippen LogP) is 3.89. The van der Waals surface area contributed by atoms with Gasteiger partial charge in [-0.25, -0.2) is 0 Å². The fraction of sp³-hybridized carbons (Fsp3) is 0.360. The molecule has 0 aliphatic carbocycles. The Hall–Kier alpha value is -3.52. The molecule has 2 aromatic carbocycles. The highest BCUT2D eigenvalue weighted by Gasteiger charge is 2.13. The van der Waals surface area contributed by atoms with Crippen molar-refractivity contribution in [1.82, 2.24) is 9.78 Å². The SMILES string of the molecule is COC[C@H](C)Oc1cc(CCc2cc(OC)cc(OC)c2)cc(C(=O)Nc2ccn(C)n2)c1. The van der Waals surface area contributed by atoms with Gasteiger partial charge in [-0.3, -0.25) is 9.48 Å². The standard InChI is InChI=1S/C25H31N3O5/c1-17(16-30-3)33-23-13-18(6-7-19-11-21(31-4)15-22(12-19)32-5)10-20(14-23)25(29)26-24-8-9-28(2)27-24/h8-15,17H,6-7,16H2,1-5H3,(H,26,27,29)/t17-/m0/s1. The Kier molecular flexibility index (Phi) is 8.32. The molecule has 3 rings (SSSR count). The maximum Gasteiger partial charge on any atom is 0.257 e. The highest BCUT2D eigenvalue weighted by atomic mass is 16.5. The van der Waals surface area contributed by atoms with Gasteiger partial charge in [0.25, 0.3) is 5.91 Å². The van der Waals surface area contributed by atoms with Gasteiger partial charge in [0.15, 0.2) is 5.82 Å². The number of nitrogens with zero attached hydrogens (tertiary/aromatic N) is 2. The van der Waals surface area contributed by atoms with Crippen LogP contribution in [0.5, 0.6) is 17.2 Å². The van der Waals surface area contributed by atoms with E-state index in [1.165, 1.54) is 0 Å². The molecule has 0 bridgehead atoms. The smallest absolute Gasteiger partial charge is 0.257 e. The lowest BCUT2D eigenvalue weighted by Crippen LogP contribution is -2.19. The summed E-state index contributed by atoms with van der Waals surface area (Å²) in [5.41, 5.74) is 2.55. The first kappa shape index (κ1) is 24.1. The number of benzene rings is 2. The zero-order chi connectivity index (χ0) is 23.8. The second-order valence-electron chi connectivity index (χ2n) is 7.80. The van der Waals surface area contributed by atoms with E-state index in [0.29, 0.717) is 30.2 Å². The van der Waals surface area contributed by atoms with E-state index in [1.807, 2.05) is 37.3 Å². The lowest BCUT2D eigenvalue weighted by molar-refractivity contribution is 0.0916. The van der Waals surface area contributed by atoms with E-state index in [0.717, 1.165) is 29.0 Å². The number of methoxy groups -OCH3 is 3. The van der Waals surface area contributed by atoms with E-state index in [4.69, 9.17) is 18.9 Å². The fourth-order valence-electron chi connectivity index (χ4n) is 3.47. The molecule has 1 N–H and O–H groups in total. The zero-order valence-corrected chi connectivity index (χ0v) is 19.8. The average molecular weight is 454 g/mol. The molecule has 0 saturated heterocycles. The second-order valence-corrected chi connectivity index (χ2v) is 7.80. The quantitative estimate of drug-likeness (QED) is 0.474. The van der Waals surface area contributed by atoms with Gasteiger partial charge in [-0.2, -0.15) is 5.10 Å². The van der Waals surface area contributed by atoms with Gasteiger partial charge in [0, 0.05) is 38.1 Å². The van der Waals surface area contributed by atoms with Crippen molar-refractivity contribution in [3.63, 3.8) is 0 Å². The number of aromatic nitrogens is 2. The summed E-state index contributed by atoms with van der Waals surface area (Å²) in [7, 11) is 6.69. The van der Waals surface area contributed by atoms with Gasteiger partial charge in [-0.05, 0) is 61.2 Å². The van der Waals surface area contributed by atoms with Crippen LogP contribution < -0.4 is 19.5 Å². The van der Waals surface area contributed by atoms with Crippen molar-refractivity contribution in [3.05, 3.63) is 65.4 Å². The Bertz CT molecular complexity index is 1060. The maximum atomic E-state index is 12.9. The highest BCUT2D eigenvalue weighted by molar-refractivity contribution is 6.04. The van der Waals surface area contributed by atoms with Crippen molar-refractivity contribution < 1.29 is 23.7 Å². The second kappa shape index (κ2) is 11.4. The molecular formula is C25H31N3O5. The molecule has 33 heavy (non-hydrogen) atoms. The molecule has 1 atom stereocenters. The normalized spacial score (nSPS) is 11.7. The van der Waals surface area contributed by atoms with Crippen LogP contribution in [0.3, 0.4) is 0 Å². The van der Waals surface area contributed by atoms with Crippen molar-refractivity contribution in [1.29, 1.82) is 0 Å². The molecule has 8 nitrogen and oxygen atoms in total. The average Bonchev–Trinajstić information content (AvgIpc) is 3.21. The monoisotopic (exact) mass is 453 g/mol. The van der Waals surface area contributed by atoms with Gasteiger partial charge < -0.3 is 24.3 Å². The van der Waals surface area contributed by atoms with Crippen LogP contribution in [0.25, 0.3) is 0 Å². The first-order valence-corrected chi connectivity index (χ1v) is 10.7. The van der Waals surface area contributed by atoms with Crippen LogP contribution >= 0.6 is 0 Å². The Labute approximate surface area is 194 Å². The van der Waals surface area contributed by atoms with Crippen molar-refractivity contribution in [2.75, 3.05) is 33.3 Å². The number of hydrogen-bond donors (Lipinski definition) is 1. The van der Waals surface area contributed by atoms with Crippen LogP contribution in [0.2, 0.25) is 0 Å². The van der Waals surface area contributed by atoms with Gasteiger partial charge in [-0.15, -0.1) is 0 Å². The first-order chi connectivity index (χ1) is 15.9. The van der Waals surface area contributed by atoms with E-state index in [2.05, 4.69) is 10.4 Å². The zero-order valence-electron chi connectivity index (χ0n) is 19.8. The third kappa shape index (κ3) is 6.98. The number of anilines is 1. The summed E-state index contributed by atoms with van der Waals surface area (Å²) in [4.78, 5) is 12.9. The van der Waals surface area contributed by atoms with Crippen LogP contribution in [0.1, 0.15) is 28.4 Å². The van der Waals surface area contributed by atoms with Crippen molar-refractivity contribution in [3.8, 4) is 17.2 Å². The number of carbonyl (C=O) groups is 1. The lowest BCUT2D eigenvalue weighted by atomic mass is 10.0. The molecule has 0 fully saturated rings. The van der Waals surface area contributed by atoms with Crippen LogP contribution in [-0.2, 0) is 24.6 Å². The largest absolute Gasteiger partial charge is 0.497 e. The van der Waals surface area contributed by atoms with Gasteiger partial charge in [0.2, 0.25) is 0 Å². The third-order valence-corrected chi connectivity index (χ3v) is 5.04. The number of hydrogen-bond acceptors (Lipinski definition) is 6. The van der Waals surface area contributed by atoms with Gasteiger partial charge in [0.1, 0.15) is 23.4 Å². The molecule has 0 spiro atoms. The Balaban J connectivity index is 1.83. The molecule has 1 aromatic heterocycles. The molecule has 176 valence electrons. The Morgan fingerprint density at radius 1 is 0.970 bits per heavy atom. The number of nitrogens with one attached hydrogen (secondary N) is 1. The molecule has 1 amide bonds. The summed E-state index contributed by atoms with van der Waals surface area (Å²) < 4.78 is 23.6. The van der Waals surface area contributed by atoms with E-state index < -0.39 is 0 Å². The molecule has 0 aliphatic rings. The van der Waals surface area contributed by atoms with E-state index >= 15 is 0 Å². The Morgan fingerprint density at radius 3 is 2.18 bits per heavy atom. The molecular weight excluding hydrogens is 422 g/mol. The number of rotatable bonds is 11. The predicted molar refractivity (Wildman–Crippen MR) is 127 cm³/mol. The van der Waals surface area contributed by atoms with Gasteiger partial charge in [0.05, 0.1) is 20.8 Å². The summed E-state index contributed by atoms with van der Waals surface area (Å²) in [6.07, 6.45) is 3.07.